The van der Waals surface area contributed by atoms with Gasteiger partial charge in [-0.2, -0.15) is 0 Å². The summed E-state index contributed by atoms with van der Waals surface area (Å²) in [4.78, 5) is 0. The third-order valence-corrected chi connectivity index (χ3v) is 4.75. The first-order valence-electron chi connectivity index (χ1n) is 3.21. The molecule has 0 N–H and O–H groups in total. The van der Waals surface area contributed by atoms with Crippen LogP contribution in [0.25, 0.3) is 0 Å². The molecule has 10 heavy (non-hydrogen) atoms. The molecule has 2 rings (SSSR count). The highest BCUT2D eigenvalue weighted by Gasteiger charge is 2.64. The van der Waals surface area contributed by atoms with E-state index in [0.29, 0.717) is 11.8 Å². The summed E-state index contributed by atoms with van der Waals surface area (Å²) < 4.78 is 0. The summed E-state index contributed by atoms with van der Waals surface area (Å²) in [7, 11) is 0. The molecular formula is C6H6Cl4. The summed E-state index contributed by atoms with van der Waals surface area (Å²) >= 11 is 23.3. The minimum atomic E-state index is 0.108. The Morgan fingerprint density at radius 2 is 0.700 bits per heavy atom. The normalized spacial score (nSPS) is 66.0. The Balaban J connectivity index is 1.94. The first-order valence-corrected chi connectivity index (χ1v) is 4.95. The molecule has 0 bridgehead atoms. The van der Waals surface area contributed by atoms with Gasteiger partial charge in [0.1, 0.15) is 0 Å². The van der Waals surface area contributed by atoms with Gasteiger partial charge in [0, 0.05) is 11.8 Å². The van der Waals surface area contributed by atoms with E-state index >= 15 is 0 Å². The van der Waals surface area contributed by atoms with Gasteiger partial charge in [-0.15, -0.1) is 46.4 Å². The first-order chi connectivity index (χ1) is 4.64. The standard InChI is InChI=1S/C6H6Cl4/c7-3-1(4(3)8)2-5(9)6(2)10/h1-6H. The Bertz CT molecular complexity index is 126. The monoisotopic (exact) mass is 218 g/mol. The van der Waals surface area contributed by atoms with Crippen LogP contribution in [0.15, 0.2) is 0 Å². The van der Waals surface area contributed by atoms with Crippen LogP contribution < -0.4 is 0 Å². The Morgan fingerprint density at radius 1 is 0.500 bits per heavy atom. The van der Waals surface area contributed by atoms with E-state index in [1.165, 1.54) is 0 Å². The van der Waals surface area contributed by atoms with E-state index in [2.05, 4.69) is 0 Å². The number of hydrogen-bond acceptors (Lipinski definition) is 0. The van der Waals surface area contributed by atoms with Gasteiger partial charge in [-0.3, -0.25) is 0 Å². The fourth-order valence-corrected chi connectivity index (χ4v) is 3.15. The molecule has 0 aromatic heterocycles. The second-order valence-electron chi connectivity index (χ2n) is 2.93. The molecule has 0 aliphatic heterocycles. The highest BCUT2D eigenvalue weighted by molar-refractivity contribution is 6.37. The van der Waals surface area contributed by atoms with Crippen LogP contribution in [0.2, 0.25) is 0 Å². The smallest absolute Gasteiger partial charge is 0.0549 e. The number of hydrogen-bond donors (Lipinski definition) is 0. The molecule has 2 aliphatic rings. The molecule has 0 amide bonds. The molecule has 0 aromatic rings. The molecule has 0 heterocycles. The van der Waals surface area contributed by atoms with Crippen LogP contribution in [0.5, 0.6) is 0 Å². The molecule has 0 nitrogen and oxygen atoms in total. The molecule has 0 saturated heterocycles. The van der Waals surface area contributed by atoms with Gasteiger partial charge < -0.3 is 0 Å². The van der Waals surface area contributed by atoms with Crippen LogP contribution in [-0.2, 0) is 0 Å². The maximum absolute atomic E-state index is 5.82. The molecule has 2 aliphatic carbocycles. The van der Waals surface area contributed by atoms with Crippen LogP contribution in [0.4, 0.5) is 0 Å². The van der Waals surface area contributed by atoms with E-state index < -0.39 is 0 Å². The van der Waals surface area contributed by atoms with Crippen molar-refractivity contribution in [2.45, 2.75) is 21.5 Å². The van der Waals surface area contributed by atoms with Crippen molar-refractivity contribution >= 4 is 46.4 Å². The van der Waals surface area contributed by atoms with E-state index in [0.717, 1.165) is 0 Å². The van der Waals surface area contributed by atoms with Gasteiger partial charge in [0.2, 0.25) is 0 Å². The van der Waals surface area contributed by atoms with Gasteiger partial charge in [-0.05, 0) is 0 Å². The van der Waals surface area contributed by atoms with Gasteiger partial charge in [0.15, 0.2) is 0 Å². The second kappa shape index (κ2) is 2.32. The van der Waals surface area contributed by atoms with Crippen molar-refractivity contribution in [2.24, 2.45) is 11.8 Å². The lowest BCUT2D eigenvalue weighted by Gasteiger charge is -1.86. The van der Waals surface area contributed by atoms with Crippen molar-refractivity contribution in [3.05, 3.63) is 0 Å². The highest BCUT2D eigenvalue weighted by Crippen LogP contribution is 2.59. The largest absolute Gasteiger partial charge is 0.121 e. The molecule has 4 unspecified atom stereocenters. The summed E-state index contributed by atoms with van der Waals surface area (Å²) in [6, 6.07) is 0. The molecule has 4 atom stereocenters. The third kappa shape index (κ3) is 0.964. The van der Waals surface area contributed by atoms with Crippen molar-refractivity contribution in [3.63, 3.8) is 0 Å². The van der Waals surface area contributed by atoms with Crippen LogP contribution in [-0.4, -0.2) is 21.5 Å². The van der Waals surface area contributed by atoms with Crippen molar-refractivity contribution in [2.75, 3.05) is 0 Å². The molecule has 58 valence electrons. The zero-order valence-electron chi connectivity index (χ0n) is 4.98. The predicted molar refractivity (Wildman–Crippen MR) is 45.5 cm³/mol. The third-order valence-electron chi connectivity index (χ3n) is 2.24. The van der Waals surface area contributed by atoms with Crippen molar-refractivity contribution < 1.29 is 0 Å². The minimum absolute atomic E-state index is 0.108. The Morgan fingerprint density at radius 3 is 0.800 bits per heavy atom. The Kier molecular flexibility index (Phi) is 1.81. The number of alkyl halides is 4. The van der Waals surface area contributed by atoms with Crippen LogP contribution in [0.1, 0.15) is 0 Å². The van der Waals surface area contributed by atoms with Crippen LogP contribution >= 0.6 is 46.4 Å². The Hall–Kier alpha value is 1.16. The summed E-state index contributed by atoms with van der Waals surface area (Å²) in [5.74, 6) is 0.738. The molecule has 2 fully saturated rings. The van der Waals surface area contributed by atoms with Crippen LogP contribution in [0, 0.1) is 11.8 Å². The fraction of sp³-hybridized carbons (Fsp3) is 1.00. The van der Waals surface area contributed by atoms with Gasteiger partial charge in [0.25, 0.3) is 0 Å². The second-order valence-corrected chi connectivity index (χ2v) is 4.95. The molecule has 2 saturated carbocycles. The lowest BCUT2D eigenvalue weighted by atomic mass is 10.3. The van der Waals surface area contributed by atoms with Gasteiger partial charge in [-0.25, -0.2) is 0 Å². The average Bonchev–Trinajstić information content (AvgIpc) is 2.62. The molecule has 0 aromatic carbocycles. The maximum atomic E-state index is 5.82. The minimum Gasteiger partial charge on any atom is -0.121 e. The van der Waals surface area contributed by atoms with E-state index in [-0.39, 0.29) is 21.5 Å². The Labute approximate surface area is 79.8 Å². The highest BCUT2D eigenvalue weighted by atomic mass is 35.5. The van der Waals surface area contributed by atoms with Crippen molar-refractivity contribution in [1.82, 2.24) is 0 Å². The zero-order chi connectivity index (χ0) is 7.46. The van der Waals surface area contributed by atoms with E-state index in [4.69, 9.17) is 46.4 Å². The first kappa shape index (κ1) is 7.79. The lowest BCUT2D eigenvalue weighted by molar-refractivity contribution is 0.723. The molecule has 0 spiro atoms. The summed E-state index contributed by atoms with van der Waals surface area (Å²) in [5, 5.41) is 0.432. The fourth-order valence-electron chi connectivity index (χ4n) is 1.37. The molecule has 0 radical (unpaired) electrons. The predicted octanol–water partition coefficient (Wildman–Crippen LogP) is 2.68. The van der Waals surface area contributed by atoms with Crippen molar-refractivity contribution in [1.29, 1.82) is 0 Å². The maximum Gasteiger partial charge on any atom is 0.0549 e. The summed E-state index contributed by atoms with van der Waals surface area (Å²) in [6.07, 6.45) is 0. The zero-order valence-corrected chi connectivity index (χ0v) is 8.00. The topological polar surface area (TPSA) is 0 Å². The quantitative estimate of drug-likeness (QED) is 0.596. The average molecular weight is 220 g/mol. The number of halogens is 4. The number of rotatable bonds is 1. The van der Waals surface area contributed by atoms with E-state index in [9.17, 15) is 0 Å². The molecular weight excluding hydrogens is 214 g/mol. The molecule has 4 heteroatoms. The van der Waals surface area contributed by atoms with Crippen molar-refractivity contribution in [3.8, 4) is 0 Å². The van der Waals surface area contributed by atoms with E-state index in [1.807, 2.05) is 0 Å². The lowest BCUT2D eigenvalue weighted by Crippen LogP contribution is -1.88. The SMILES string of the molecule is ClC1C(Cl)C1C1C(Cl)C1Cl. The summed E-state index contributed by atoms with van der Waals surface area (Å²) in [5.41, 5.74) is 0. The van der Waals surface area contributed by atoms with Gasteiger partial charge >= 0.3 is 0 Å². The van der Waals surface area contributed by atoms with E-state index in [1.54, 1.807) is 0 Å². The van der Waals surface area contributed by atoms with Gasteiger partial charge in [-0.1, -0.05) is 0 Å². The van der Waals surface area contributed by atoms with Gasteiger partial charge in [0.05, 0.1) is 21.5 Å². The summed E-state index contributed by atoms with van der Waals surface area (Å²) in [6.45, 7) is 0. The van der Waals surface area contributed by atoms with Crippen LogP contribution in [0.3, 0.4) is 0 Å².